The third kappa shape index (κ3) is 3.21. The highest BCUT2D eigenvalue weighted by Crippen LogP contribution is 2.31. The van der Waals surface area contributed by atoms with Gasteiger partial charge in [0.1, 0.15) is 12.2 Å². The molecule has 2 aromatic heterocycles. The van der Waals surface area contributed by atoms with Gasteiger partial charge in [-0.2, -0.15) is 5.10 Å². The zero-order chi connectivity index (χ0) is 18.0. The van der Waals surface area contributed by atoms with Crippen molar-refractivity contribution in [2.75, 3.05) is 34.4 Å². The van der Waals surface area contributed by atoms with E-state index in [0.29, 0.717) is 17.8 Å². The Morgan fingerprint density at radius 3 is 2.88 bits per heavy atom. The zero-order valence-corrected chi connectivity index (χ0v) is 14.8. The monoisotopic (exact) mass is 345 g/mol. The molecule has 3 heterocycles. The summed E-state index contributed by atoms with van der Waals surface area (Å²) in [5, 5.41) is 4.37. The molecule has 1 aliphatic heterocycles. The van der Waals surface area contributed by atoms with Crippen molar-refractivity contribution in [3.8, 4) is 0 Å². The summed E-state index contributed by atoms with van der Waals surface area (Å²) in [6.45, 7) is 0.760. The lowest BCUT2D eigenvalue weighted by molar-refractivity contribution is -0.139. The minimum absolute atomic E-state index is 0.0334. The number of piperidine rings is 1. The molecule has 1 fully saturated rings. The quantitative estimate of drug-likeness (QED) is 0.830. The van der Waals surface area contributed by atoms with Crippen molar-refractivity contribution in [1.82, 2.24) is 24.4 Å². The number of carbonyl (C=O) groups excluding carboxylic acids is 2. The van der Waals surface area contributed by atoms with Gasteiger partial charge in [-0.3, -0.25) is 9.59 Å². The summed E-state index contributed by atoms with van der Waals surface area (Å²) in [5.41, 5.74) is 1.84. The van der Waals surface area contributed by atoms with Crippen LogP contribution in [0.5, 0.6) is 0 Å². The van der Waals surface area contributed by atoms with Crippen LogP contribution >= 0.6 is 0 Å². The third-order valence-electron chi connectivity index (χ3n) is 4.50. The Balaban J connectivity index is 2.02. The lowest BCUT2D eigenvalue weighted by Gasteiger charge is -2.35. The number of hydrogen-bond acceptors (Lipinski definition) is 5. The van der Waals surface area contributed by atoms with Crippen molar-refractivity contribution in [2.45, 2.75) is 25.3 Å². The lowest BCUT2D eigenvalue weighted by Crippen LogP contribution is -2.41. The molecule has 1 unspecified atom stereocenters. The summed E-state index contributed by atoms with van der Waals surface area (Å²) in [5.74, 6) is -0.176. The maximum absolute atomic E-state index is 12.4. The van der Waals surface area contributed by atoms with Gasteiger partial charge >= 0.3 is 0 Å². The average molecular weight is 345 g/mol. The van der Waals surface area contributed by atoms with Crippen LogP contribution in [0.2, 0.25) is 0 Å². The Morgan fingerprint density at radius 2 is 2.16 bits per heavy atom. The molecule has 8 nitrogen and oxygen atoms in total. The SMILES string of the molecule is COCC(=O)N1CCCCC1c1ccnc2c(C(=O)N(C)C)cnn12. The first-order valence-electron chi connectivity index (χ1n) is 8.37. The van der Waals surface area contributed by atoms with E-state index in [9.17, 15) is 9.59 Å². The minimum atomic E-state index is -0.143. The molecule has 134 valence electrons. The Labute approximate surface area is 146 Å². The van der Waals surface area contributed by atoms with Crippen molar-refractivity contribution in [3.63, 3.8) is 0 Å². The molecule has 1 aliphatic rings. The second-order valence-corrected chi connectivity index (χ2v) is 6.39. The highest BCUT2D eigenvalue weighted by atomic mass is 16.5. The fourth-order valence-corrected chi connectivity index (χ4v) is 3.30. The molecule has 0 N–H and O–H groups in total. The molecular weight excluding hydrogens is 322 g/mol. The van der Waals surface area contributed by atoms with Crippen LogP contribution < -0.4 is 0 Å². The number of amides is 2. The second kappa shape index (κ2) is 7.18. The highest BCUT2D eigenvalue weighted by Gasteiger charge is 2.30. The minimum Gasteiger partial charge on any atom is -0.375 e. The number of fused-ring (bicyclic) bond motifs is 1. The molecular formula is C17H23N5O3. The van der Waals surface area contributed by atoms with Crippen LogP contribution in [0.1, 0.15) is 41.4 Å². The van der Waals surface area contributed by atoms with Crippen LogP contribution in [-0.2, 0) is 9.53 Å². The summed E-state index contributed by atoms with van der Waals surface area (Å²) in [6, 6.07) is 1.77. The Bertz CT molecular complexity index is 786. The number of likely N-dealkylation sites (tertiary alicyclic amines) is 1. The first-order chi connectivity index (χ1) is 12.0. The molecule has 25 heavy (non-hydrogen) atoms. The van der Waals surface area contributed by atoms with Crippen LogP contribution in [0.4, 0.5) is 0 Å². The van der Waals surface area contributed by atoms with E-state index in [1.165, 1.54) is 18.2 Å². The number of rotatable bonds is 4. The summed E-state index contributed by atoms with van der Waals surface area (Å²) >= 11 is 0. The van der Waals surface area contributed by atoms with Gasteiger partial charge < -0.3 is 14.5 Å². The van der Waals surface area contributed by atoms with Crippen molar-refractivity contribution in [2.24, 2.45) is 0 Å². The summed E-state index contributed by atoms with van der Waals surface area (Å²) in [4.78, 5) is 32.4. The molecule has 0 saturated carbocycles. The van der Waals surface area contributed by atoms with E-state index >= 15 is 0 Å². The van der Waals surface area contributed by atoms with E-state index in [-0.39, 0.29) is 24.5 Å². The van der Waals surface area contributed by atoms with Gasteiger partial charge in [-0.1, -0.05) is 0 Å². The molecule has 3 rings (SSSR count). The summed E-state index contributed by atoms with van der Waals surface area (Å²) in [6.07, 6.45) is 6.08. The van der Waals surface area contributed by atoms with Gasteiger partial charge in [0.15, 0.2) is 5.65 Å². The maximum Gasteiger partial charge on any atom is 0.258 e. The van der Waals surface area contributed by atoms with Crippen molar-refractivity contribution in [3.05, 3.63) is 29.7 Å². The largest absolute Gasteiger partial charge is 0.375 e. The Hall–Kier alpha value is -2.48. The standard InChI is InChI=1S/C17H23N5O3/c1-20(2)17(24)12-10-19-22-14(7-8-18-16(12)22)13-6-4-5-9-21(13)15(23)11-25-3/h7-8,10,13H,4-6,9,11H2,1-3H3. The predicted molar refractivity (Wildman–Crippen MR) is 91.2 cm³/mol. The van der Waals surface area contributed by atoms with Crippen LogP contribution in [-0.4, -0.2) is 70.6 Å². The lowest BCUT2D eigenvalue weighted by atomic mass is 9.99. The maximum atomic E-state index is 12.4. The number of hydrogen-bond donors (Lipinski definition) is 0. The van der Waals surface area contributed by atoms with E-state index in [0.717, 1.165) is 25.0 Å². The van der Waals surface area contributed by atoms with Gasteiger partial charge in [0, 0.05) is 33.9 Å². The molecule has 1 saturated heterocycles. The van der Waals surface area contributed by atoms with Crippen molar-refractivity contribution >= 4 is 17.5 Å². The van der Waals surface area contributed by atoms with Gasteiger partial charge in [0.25, 0.3) is 5.91 Å². The van der Waals surface area contributed by atoms with Crippen LogP contribution in [0, 0.1) is 0 Å². The number of aromatic nitrogens is 3. The van der Waals surface area contributed by atoms with E-state index < -0.39 is 0 Å². The van der Waals surface area contributed by atoms with Gasteiger partial charge in [0.05, 0.1) is 17.9 Å². The Kier molecular flexibility index (Phi) is 4.98. The van der Waals surface area contributed by atoms with Gasteiger partial charge in [-0.25, -0.2) is 9.50 Å². The summed E-state index contributed by atoms with van der Waals surface area (Å²) in [7, 11) is 4.91. The molecule has 2 amide bonds. The number of nitrogens with zero attached hydrogens (tertiary/aromatic N) is 5. The zero-order valence-electron chi connectivity index (χ0n) is 14.8. The highest BCUT2D eigenvalue weighted by molar-refractivity contribution is 5.99. The fraction of sp³-hybridized carbons (Fsp3) is 0.529. The number of ether oxygens (including phenoxy) is 1. The van der Waals surface area contributed by atoms with E-state index in [4.69, 9.17) is 4.74 Å². The molecule has 0 aliphatic carbocycles. The average Bonchev–Trinajstić information content (AvgIpc) is 3.05. The van der Waals surface area contributed by atoms with Crippen LogP contribution in [0.15, 0.2) is 18.5 Å². The van der Waals surface area contributed by atoms with Crippen molar-refractivity contribution < 1.29 is 14.3 Å². The van der Waals surface area contributed by atoms with Gasteiger partial charge in [-0.15, -0.1) is 0 Å². The van der Waals surface area contributed by atoms with Gasteiger partial charge in [-0.05, 0) is 25.3 Å². The first kappa shape index (κ1) is 17.3. The van der Waals surface area contributed by atoms with Crippen LogP contribution in [0.25, 0.3) is 5.65 Å². The van der Waals surface area contributed by atoms with Gasteiger partial charge in [0.2, 0.25) is 5.91 Å². The molecule has 0 bridgehead atoms. The first-order valence-corrected chi connectivity index (χ1v) is 8.37. The molecule has 0 aromatic carbocycles. The molecule has 2 aromatic rings. The third-order valence-corrected chi connectivity index (χ3v) is 4.50. The van der Waals surface area contributed by atoms with E-state index in [1.54, 1.807) is 24.8 Å². The number of carbonyl (C=O) groups is 2. The second-order valence-electron chi connectivity index (χ2n) is 6.39. The number of methoxy groups -OCH3 is 1. The van der Waals surface area contributed by atoms with E-state index in [1.807, 2.05) is 11.0 Å². The smallest absolute Gasteiger partial charge is 0.258 e. The molecule has 8 heteroatoms. The topological polar surface area (TPSA) is 80.0 Å². The normalized spacial score (nSPS) is 17.7. The fourth-order valence-electron chi connectivity index (χ4n) is 3.30. The van der Waals surface area contributed by atoms with Crippen LogP contribution in [0.3, 0.4) is 0 Å². The molecule has 1 atom stereocenters. The Morgan fingerprint density at radius 1 is 1.36 bits per heavy atom. The predicted octanol–water partition coefficient (Wildman–Crippen LogP) is 1.13. The summed E-state index contributed by atoms with van der Waals surface area (Å²) < 4.78 is 6.69. The molecule has 0 spiro atoms. The van der Waals surface area contributed by atoms with E-state index in [2.05, 4.69) is 10.1 Å². The van der Waals surface area contributed by atoms with Crippen molar-refractivity contribution in [1.29, 1.82) is 0 Å². The molecule has 0 radical (unpaired) electrons.